The SMILES string of the molecule is CC(C)C(C)(C(=O)CP(=O)(O)O)c1ccccc1. The molecule has 0 saturated carbocycles. The van der Waals surface area contributed by atoms with Gasteiger partial charge in [0, 0.05) is 0 Å². The molecule has 0 spiro atoms. The van der Waals surface area contributed by atoms with Crippen molar-refractivity contribution in [2.24, 2.45) is 5.92 Å². The van der Waals surface area contributed by atoms with Crippen molar-refractivity contribution in [3.8, 4) is 0 Å². The number of hydrogen-bond acceptors (Lipinski definition) is 2. The molecule has 0 aromatic heterocycles. The first-order chi connectivity index (χ1) is 8.18. The first-order valence-electron chi connectivity index (χ1n) is 5.81. The van der Waals surface area contributed by atoms with E-state index < -0.39 is 25.0 Å². The molecular formula is C13H19O4P. The first-order valence-corrected chi connectivity index (χ1v) is 7.61. The van der Waals surface area contributed by atoms with Crippen LogP contribution in [0.3, 0.4) is 0 Å². The van der Waals surface area contributed by atoms with Gasteiger partial charge < -0.3 is 9.79 Å². The summed E-state index contributed by atoms with van der Waals surface area (Å²) in [6, 6.07) is 9.12. The van der Waals surface area contributed by atoms with E-state index in [1.54, 1.807) is 6.92 Å². The second-order valence-corrected chi connectivity index (χ2v) is 6.61. The van der Waals surface area contributed by atoms with Crippen molar-refractivity contribution >= 4 is 13.4 Å². The fourth-order valence-corrected chi connectivity index (χ4v) is 2.65. The molecule has 18 heavy (non-hydrogen) atoms. The Morgan fingerprint density at radius 2 is 1.78 bits per heavy atom. The summed E-state index contributed by atoms with van der Waals surface area (Å²) in [5.41, 5.74) is -0.0824. The molecular weight excluding hydrogens is 251 g/mol. The normalized spacial score (nSPS) is 15.4. The average Bonchev–Trinajstić information content (AvgIpc) is 2.26. The maximum absolute atomic E-state index is 12.2. The summed E-state index contributed by atoms with van der Waals surface area (Å²) in [7, 11) is -4.33. The predicted molar refractivity (Wildman–Crippen MR) is 70.6 cm³/mol. The van der Waals surface area contributed by atoms with Crippen LogP contribution in [0, 0.1) is 5.92 Å². The van der Waals surface area contributed by atoms with Crippen LogP contribution >= 0.6 is 7.60 Å². The molecule has 0 aliphatic carbocycles. The van der Waals surface area contributed by atoms with Gasteiger partial charge >= 0.3 is 7.60 Å². The van der Waals surface area contributed by atoms with Crippen molar-refractivity contribution < 1.29 is 19.1 Å². The third-order valence-electron chi connectivity index (χ3n) is 3.46. The lowest BCUT2D eigenvalue weighted by Crippen LogP contribution is -2.39. The summed E-state index contributed by atoms with van der Waals surface area (Å²) >= 11 is 0. The van der Waals surface area contributed by atoms with Crippen LogP contribution in [0.4, 0.5) is 0 Å². The van der Waals surface area contributed by atoms with Crippen molar-refractivity contribution in [2.45, 2.75) is 26.2 Å². The van der Waals surface area contributed by atoms with E-state index in [0.29, 0.717) is 0 Å². The Kier molecular flexibility index (Phi) is 4.49. The molecule has 0 radical (unpaired) electrons. The quantitative estimate of drug-likeness (QED) is 0.805. The van der Waals surface area contributed by atoms with E-state index in [-0.39, 0.29) is 5.92 Å². The molecule has 1 unspecified atom stereocenters. The molecule has 5 heteroatoms. The lowest BCUT2D eigenvalue weighted by molar-refractivity contribution is -0.123. The first kappa shape index (κ1) is 15.1. The van der Waals surface area contributed by atoms with Gasteiger partial charge in [0.1, 0.15) is 6.16 Å². The monoisotopic (exact) mass is 270 g/mol. The zero-order chi connectivity index (χ0) is 14.0. The zero-order valence-corrected chi connectivity index (χ0v) is 11.7. The van der Waals surface area contributed by atoms with Crippen LogP contribution in [0.1, 0.15) is 26.3 Å². The Labute approximate surface area is 107 Å². The van der Waals surface area contributed by atoms with E-state index in [9.17, 15) is 9.36 Å². The van der Waals surface area contributed by atoms with Crippen LogP contribution in [-0.4, -0.2) is 21.7 Å². The van der Waals surface area contributed by atoms with Gasteiger partial charge in [-0.3, -0.25) is 9.36 Å². The number of rotatable bonds is 5. The molecule has 0 bridgehead atoms. The van der Waals surface area contributed by atoms with Gasteiger partial charge in [-0.1, -0.05) is 44.2 Å². The fourth-order valence-electron chi connectivity index (χ4n) is 1.95. The van der Waals surface area contributed by atoms with E-state index in [4.69, 9.17) is 9.79 Å². The second kappa shape index (κ2) is 5.35. The van der Waals surface area contributed by atoms with Crippen molar-refractivity contribution in [1.82, 2.24) is 0 Å². The Morgan fingerprint density at radius 3 is 2.17 bits per heavy atom. The summed E-state index contributed by atoms with van der Waals surface area (Å²) in [4.78, 5) is 30.2. The molecule has 0 heterocycles. The minimum atomic E-state index is -4.33. The highest BCUT2D eigenvalue weighted by molar-refractivity contribution is 7.52. The van der Waals surface area contributed by atoms with E-state index in [2.05, 4.69) is 0 Å². The molecule has 0 fully saturated rings. The Morgan fingerprint density at radius 1 is 1.28 bits per heavy atom. The van der Waals surface area contributed by atoms with Gasteiger partial charge in [0.2, 0.25) is 0 Å². The highest BCUT2D eigenvalue weighted by Gasteiger charge is 2.40. The zero-order valence-electron chi connectivity index (χ0n) is 10.8. The van der Waals surface area contributed by atoms with E-state index >= 15 is 0 Å². The molecule has 1 atom stereocenters. The summed E-state index contributed by atoms with van der Waals surface area (Å²) in [5, 5.41) is 0. The number of carbonyl (C=O) groups is 1. The number of benzene rings is 1. The second-order valence-electron chi connectivity index (χ2n) is 4.97. The smallest absolute Gasteiger partial charge is 0.324 e. The lowest BCUT2D eigenvalue weighted by atomic mass is 9.70. The Bertz CT molecular complexity index is 463. The number of hydrogen-bond donors (Lipinski definition) is 2. The molecule has 4 nitrogen and oxygen atoms in total. The van der Waals surface area contributed by atoms with Gasteiger partial charge in [-0.05, 0) is 18.4 Å². The summed E-state index contributed by atoms with van der Waals surface area (Å²) in [5.74, 6) is -0.462. The van der Waals surface area contributed by atoms with Gasteiger partial charge in [0.15, 0.2) is 5.78 Å². The van der Waals surface area contributed by atoms with Crippen LogP contribution in [0.15, 0.2) is 30.3 Å². The van der Waals surface area contributed by atoms with Crippen LogP contribution < -0.4 is 0 Å². The highest BCUT2D eigenvalue weighted by atomic mass is 31.2. The van der Waals surface area contributed by atoms with Crippen molar-refractivity contribution in [2.75, 3.05) is 6.16 Å². The summed E-state index contributed by atoms with van der Waals surface area (Å²) in [6.07, 6.45) is -0.712. The van der Waals surface area contributed by atoms with Crippen LogP contribution in [-0.2, 0) is 14.8 Å². The molecule has 1 aromatic rings. The Hall–Kier alpha value is -0.960. The van der Waals surface area contributed by atoms with Crippen molar-refractivity contribution in [1.29, 1.82) is 0 Å². The standard InChI is InChI=1S/C13H19O4P/c1-10(2)13(3,11-7-5-4-6-8-11)12(14)9-18(15,16)17/h4-8,10H,9H2,1-3H3,(H2,15,16,17). The largest absolute Gasteiger partial charge is 0.332 e. The maximum Gasteiger partial charge on any atom is 0.332 e. The topological polar surface area (TPSA) is 74.6 Å². The summed E-state index contributed by atoms with van der Waals surface area (Å²) in [6.45, 7) is 5.50. The Balaban J connectivity index is 3.17. The third kappa shape index (κ3) is 3.29. The average molecular weight is 270 g/mol. The third-order valence-corrected chi connectivity index (χ3v) is 4.16. The number of Topliss-reactive ketones (excluding diaryl/α,β-unsaturated/α-hetero) is 1. The van der Waals surface area contributed by atoms with Crippen LogP contribution in [0.2, 0.25) is 0 Å². The van der Waals surface area contributed by atoms with Gasteiger partial charge in [-0.15, -0.1) is 0 Å². The molecule has 1 rings (SSSR count). The van der Waals surface area contributed by atoms with E-state index in [1.807, 2.05) is 44.2 Å². The van der Waals surface area contributed by atoms with Crippen LogP contribution in [0.5, 0.6) is 0 Å². The van der Waals surface area contributed by atoms with Gasteiger partial charge in [0.25, 0.3) is 0 Å². The molecule has 1 aromatic carbocycles. The molecule has 100 valence electrons. The number of ketones is 1. The fraction of sp³-hybridized carbons (Fsp3) is 0.462. The molecule has 0 amide bonds. The van der Waals surface area contributed by atoms with Gasteiger partial charge in [-0.25, -0.2) is 0 Å². The highest BCUT2D eigenvalue weighted by Crippen LogP contribution is 2.40. The van der Waals surface area contributed by atoms with Crippen molar-refractivity contribution in [3.63, 3.8) is 0 Å². The molecule has 0 aliphatic rings. The predicted octanol–water partition coefficient (Wildman–Crippen LogP) is 2.35. The van der Waals surface area contributed by atoms with Crippen molar-refractivity contribution in [3.05, 3.63) is 35.9 Å². The van der Waals surface area contributed by atoms with Crippen LogP contribution in [0.25, 0.3) is 0 Å². The van der Waals surface area contributed by atoms with Gasteiger partial charge in [-0.2, -0.15) is 0 Å². The minimum Gasteiger partial charge on any atom is -0.324 e. The minimum absolute atomic E-state index is 0.0426. The molecule has 0 saturated heterocycles. The van der Waals surface area contributed by atoms with E-state index in [1.165, 1.54) is 0 Å². The maximum atomic E-state index is 12.2. The molecule has 2 N–H and O–H groups in total. The molecule has 0 aliphatic heterocycles. The lowest BCUT2D eigenvalue weighted by Gasteiger charge is -2.33. The van der Waals surface area contributed by atoms with Gasteiger partial charge in [0.05, 0.1) is 5.41 Å². The number of carbonyl (C=O) groups excluding carboxylic acids is 1. The summed E-state index contributed by atoms with van der Waals surface area (Å²) < 4.78 is 11.0. The van der Waals surface area contributed by atoms with E-state index in [0.717, 1.165) is 5.56 Å².